The minimum atomic E-state index is 0. The molecule has 0 atom stereocenters. The second-order valence-electron chi connectivity index (χ2n) is 1.54. The quantitative estimate of drug-likeness (QED) is 0.271. The van der Waals surface area contributed by atoms with Crippen LogP contribution in [-0.2, 0) is 4.89 Å². The number of unbranched alkanes of at least 4 members (excludes halogenated alkanes) is 2. The van der Waals surface area contributed by atoms with E-state index in [4.69, 9.17) is 5.26 Å². The standard InChI is InChI=1S/C5H12O2.Mg.2H/c1-2-3-4-5-7-6;;;/h6H,2-5H2,1H3;;;/q;+2;2*-1. The van der Waals surface area contributed by atoms with Crippen LogP contribution in [0.15, 0.2) is 0 Å². The summed E-state index contributed by atoms with van der Waals surface area (Å²) in [7, 11) is 0. The van der Waals surface area contributed by atoms with Crippen LogP contribution in [0.2, 0.25) is 0 Å². The molecule has 48 valence electrons. The molecule has 0 saturated carbocycles. The van der Waals surface area contributed by atoms with Crippen molar-refractivity contribution in [2.75, 3.05) is 6.61 Å². The molecule has 0 aromatic rings. The van der Waals surface area contributed by atoms with E-state index in [1.54, 1.807) is 0 Å². The van der Waals surface area contributed by atoms with Crippen LogP contribution in [0.3, 0.4) is 0 Å². The maximum atomic E-state index is 7.79. The van der Waals surface area contributed by atoms with Crippen LogP contribution in [-0.4, -0.2) is 34.9 Å². The van der Waals surface area contributed by atoms with Crippen molar-refractivity contribution < 1.29 is 13.0 Å². The molecule has 0 aliphatic carbocycles. The van der Waals surface area contributed by atoms with E-state index in [-0.39, 0.29) is 25.9 Å². The van der Waals surface area contributed by atoms with Crippen molar-refractivity contribution in [3.05, 3.63) is 0 Å². The molecule has 0 aromatic heterocycles. The van der Waals surface area contributed by atoms with Crippen LogP contribution in [0.4, 0.5) is 0 Å². The first-order valence-corrected chi connectivity index (χ1v) is 2.68. The Kier molecular flexibility index (Phi) is 15.2. The van der Waals surface area contributed by atoms with Gasteiger partial charge in [0, 0.05) is 0 Å². The topological polar surface area (TPSA) is 29.5 Å². The van der Waals surface area contributed by atoms with Gasteiger partial charge in [-0.25, -0.2) is 4.89 Å². The molecule has 0 amide bonds. The third-order valence-corrected chi connectivity index (χ3v) is 0.839. The Morgan fingerprint density at radius 3 is 2.50 bits per heavy atom. The Morgan fingerprint density at radius 2 is 2.12 bits per heavy atom. The zero-order chi connectivity index (χ0) is 5.54. The summed E-state index contributed by atoms with van der Waals surface area (Å²) in [6.07, 6.45) is 3.27. The molecular weight excluding hydrogens is 116 g/mol. The van der Waals surface area contributed by atoms with Gasteiger partial charge in [-0.15, -0.1) is 0 Å². The Bertz CT molecular complexity index is 36.8. The molecule has 3 heteroatoms. The van der Waals surface area contributed by atoms with Gasteiger partial charge in [-0.2, -0.15) is 0 Å². The van der Waals surface area contributed by atoms with Gasteiger partial charge >= 0.3 is 23.1 Å². The number of hydrogen-bond donors (Lipinski definition) is 1. The molecule has 0 aromatic carbocycles. The molecule has 0 rings (SSSR count). The van der Waals surface area contributed by atoms with Crippen LogP contribution in [0.25, 0.3) is 0 Å². The van der Waals surface area contributed by atoms with E-state index in [9.17, 15) is 0 Å². The molecule has 0 saturated heterocycles. The van der Waals surface area contributed by atoms with Crippen LogP contribution in [0, 0.1) is 0 Å². The van der Waals surface area contributed by atoms with Gasteiger partial charge in [0.1, 0.15) is 0 Å². The molecule has 0 aliphatic heterocycles. The van der Waals surface area contributed by atoms with Crippen molar-refractivity contribution in [2.24, 2.45) is 0 Å². The third-order valence-electron chi connectivity index (χ3n) is 0.839. The summed E-state index contributed by atoms with van der Waals surface area (Å²) in [5.74, 6) is 0. The smallest absolute Gasteiger partial charge is 1.00 e. The molecule has 0 bridgehead atoms. The molecule has 0 unspecified atom stereocenters. The number of rotatable bonds is 4. The third kappa shape index (κ3) is 9.84. The van der Waals surface area contributed by atoms with Crippen LogP contribution >= 0.6 is 0 Å². The minimum absolute atomic E-state index is 0. The van der Waals surface area contributed by atoms with Crippen molar-refractivity contribution in [3.8, 4) is 0 Å². The van der Waals surface area contributed by atoms with Crippen LogP contribution in [0.1, 0.15) is 29.0 Å². The van der Waals surface area contributed by atoms with Gasteiger partial charge in [0.05, 0.1) is 6.61 Å². The van der Waals surface area contributed by atoms with E-state index >= 15 is 0 Å². The van der Waals surface area contributed by atoms with E-state index in [2.05, 4.69) is 11.8 Å². The van der Waals surface area contributed by atoms with Gasteiger partial charge < -0.3 is 2.85 Å². The summed E-state index contributed by atoms with van der Waals surface area (Å²) in [6, 6.07) is 0. The molecule has 0 spiro atoms. The molecule has 8 heavy (non-hydrogen) atoms. The predicted molar refractivity (Wildman–Crippen MR) is 36.1 cm³/mol. The fourth-order valence-electron chi connectivity index (χ4n) is 0.417. The summed E-state index contributed by atoms with van der Waals surface area (Å²) in [6.45, 7) is 2.59. The molecular formula is C5H14MgO2. The molecule has 0 aliphatic rings. The number of hydrogen-bond acceptors (Lipinski definition) is 2. The van der Waals surface area contributed by atoms with E-state index in [0.29, 0.717) is 6.61 Å². The second kappa shape index (κ2) is 10.6. The average Bonchev–Trinajstić information content (AvgIpc) is 1.69. The van der Waals surface area contributed by atoms with Crippen molar-refractivity contribution in [1.82, 2.24) is 0 Å². The fourth-order valence-corrected chi connectivity index (χ4v) is 0.417. The minimum Gasteiger partial charge on any atom is -1.00 e. The molecule has 0 heterocycles. The molecule has 0 radical (unpaired) electrons. The maximum absolute atomic E-state index is 7.79. The Hall–Kier alpha value is 0.686. The summed E-state index contributed by atoms with van der Waals surface area (Å²) in [5.41, 5.74) is 0. The molecule has 1 N–H and O–H groups in total. The largest absolute Gasteiger partial charge is 2.00 e. The van der Waals surface area contributed by atoms with Crippen molar-refractivity contribution >= 4 is 23.1 Å². The molecule has 2 nitrogen and oxygen atoms in total. The maximum Gasteiger partial charge on any atom is 2.00 e. The first-order valence-electron chi connectivity index (χ1n) is 2.68. The Balaban J connectivity index is -0.0000000600. The SMILES string of the molecule is CCCCCOO.[H-].[H-].[Mg+2]. The van der Waals surface area contributed by atoms with Gasteiger partial charge in [-0.3, -0.25) is 5.26 Å². The van der Waals surface area contributed by atoms with Gasteiger partial charge in [-0.1, -0.05) is 19.8 Å². The van der Waals surface area contributed by atoms with Crippen molar-refractivity contribution in [3.63, 3.8) is 0 Å². The second-order valence-corrected chi connectivity index (χ2v) is 1.54. The van der Waals surface area contributed by atoms with Crippen LogP contribution < -0.4 is 0 Å². The fraction of sp³-hybridized carbons (Fsp3) is 1.00. The first-order chi connectivity index (χ1) is 3.41. The van der Waals surface area contributed by atoms with E-state index in [0.717, 1.165) is 12.8 Å². The summed E-state index contributed by atoms with van der Waals surface area (Å²) in [5, 5.41) is 7.79. The van der Waals surface area contributed by atoms with E-state index in [1.165, 1.54) is 6.42 Å². The van der Waals surface area contributed by atoms with E-state index < -0.39 is 0 Å². The zero-order valence-corrected chi connectivity index (χ0v) is 6.81. The van der Waals surface area contributed by atoms with Crippen molar-refractivity contribution in [2.45, 2.75) is 26.2 Å². The van der Waals surface area contributed by atoms with Crippen LogP contribution in [0.5, 0.6) is 0 Å². The summed E-state index contributed by atoms with van der Waals surface area (Å²) in [4.78, 5) is 3.84. The van der Waals surface area contributed by atoms with Gasteiger partial charge in [0.25, 0.3) is 0 Å². The first kappa shape index (κ1) is 11.5. The normalized spacial score (nSPS) is 8.25. The van der Waals surface area contributed by atoms with Crippen molar-refractivity contribution in [1.29, 1.82) is 0 Å². The Morgan fingerprint density at radius 1 is 1.50 bits per heavy atom. The zero-order valence-electron chi connectivity index (χ0n) is 7.39. The summed E-state index contributed by atoms with van der Waals surface area (Å²) < 4.78 is 0. The van der Waals surface area contributed by atoms with E-state index in [1.807, 2.05) is 0 Å². The molecule has 0 fully saturated rings. The van der Waals surface area contributed by atoms with Gasteiger partial charge in [0.15, 0.2) is 0 Å². The Labute approximate surface area is 69.3 Å². The van der Waals surface area contributed by atoms with Gasteiger partial charge in [0.2, 0.25) is 0 Å². The predicted octanol–water partition coefficient (Wildman–Crippen LogP) is 1.51. The average molecular weight is 130 g/mol. The van der Waals surface area contributed by atoms with Gasteiger partial charge in [-0.05, 0) is 6.42 Å². The monoisotopic (exact) mass is 130 g/mol. The summed E-state index contributed by atoms with van der Waals surface area (Å²) >= 11 is 0.